The molecule has 2 aromatic carbocycles. The topological polar surface area (TPSA) is 99.0 Å². The minimum Gasteiger partial charge on any atom is -0.486 e. The molecule has 0 fully saturated rings. The zero-order valence-corrected chi connectivity index (χ0v) is 16.7. The summed E-state index contributed by atoms with van der Waals surface area (Å²) in [6, 6.07) is 17.9. The SMILES string of the molecule is O=C(COC(=O)c1ccccc1NCc1ccco1)NCC1COc2ccccc2O1. The molecular weight excluding hydrogens is 400 g/mol. The number of carbonyl (C=O) groups is 2. The van der Waals surface area contributed by atoms with Gasteiger partial charge in [0, 0.05) is 5.69 Å². The lowest BCUT2D eigenvalue weighted by Crippen LogP contribution is -2.42. The third kappa shape index (κ3) is 5.36. The summed E-state index contributed by atoms with van der Waals surface area (Å²) in [5.74, 6) is 1.04. The molecule has 0 aliphatic carbocycles. The third-order valence-corrected chi connectivity index (χ3v) is 4.61. The Balaban J connectivity index is 1.24. The van der Waals surface area contributed by atoms with E-state index in [-0.39, 0.29) is 12.6 Å². The number of esters is 1. The zero-order valence-electron chi connectivity index (χ0n) is 16.7. The summed E-state index contributed by atoms with van der Waals surface area (Å²) in [6.45, 7) is 0.595. The van der Waals surface area contributed by atoms with Crippen molar-refractivity contribution in [3.63, 3.8) is 0 Å². The molecule has 1 aliphatic heterocycles. The van der Waals surface area contributed by atoms with Crippen molar-refractivity contribution in [1.29, 1.82) is 0 Å². The summed E-state index contributed by atoms with van der Waals surface area (Å²) in [5, 5.41) is 5.83. The molecule has 0 spiro atoms. The maximum atomic E-state index is 12.5. The van der Waals surface area contributed by atoms with Crippen LogP contribution in [0.4, 0.5) is 5.69 Å². The second kappa shape index (κ2) is 9.71. The fourth-order valence-corrected chi connectivity index (χ4v) is 3.06. The van der Waals surface area contributed by atoms with Gasteiger partial charge in [-0.1, -0.05) is 24.3 Å². The van der Waals surface area contributed by atoms with Crippen molar-refractivity contribution in [3.05, 3.63) is 78.3 Å². The molecule has 8 nitrogen and oxygen atoms in total. The van der Waals surface area contributed by atoms with E-state index in [1.807, 2.05) is 30.3 Å². The molecule has 3 aromatic rings. The smallest absolute Gasteiger partial charge is 0.340 e. The Bertz CT molecular complexity index is 1030. The summed E-state index contributed by atoms with van der Waals surface area (Å²) in [6.07, 6.45) is 1.26. The first-order chi connectivity index (χ1) is 15.2. The van der Waals surface area contributed by atoms with Gasteiger partial charge in [0.15, 0.2) is 18.1 Å². The number of amides is 1. The predicted octanol–water partition coefficient (Wildman–Crippen LogP) is 3.00. The molecule has 1 aromatic heterocycles. The van der Waals surface area contributed by atoms with Crippen molar-refractivity contribution in [2.24, 2.45) is 0 Å². The van der Waals surface area contributed by atoms with Gasteiger partial charge in [0.25, 0.3) is 5.91 Å². The Labute approximate surface area is 179 Å². The first-order valence-electron chi connectivity index (χ1n) is 9.86. The Hall–Kier alpha value is -3.94. The van der Waals surface area contributed by atoms with Crippen LogP contribution in [0.5, 0.6) is 11.5 Å². The fraction of sp³-hybridized carbons (Fsp3) is 0.217. The number of rotatable bonds is 8. The van der Waals surface area contributed by atoms with Crippen LogP contribution in [0.25, 0.3) is 0 Å². The maximum Gasteiger partial charge on any atom is 0.340 e. The number of nitrogens with one attached hydrogen (secondary N) is 2. The van der Waals surface area contributed by atoms with Gasteiger partial charge >= 0.3 is 5.97 Å². The highest BCUT2D eigenvalue weighted by Gasteiger charge is 2.21. The van der Waals surface area contributed by atoms with E-state index in [1.165, 1.54) is 0 Å². The van der Waals surface area contributed by atoms with Crippen LogP contribution >= 0.6 is 0 Å². The molecule has 160 valence electrons. The minimum absolute atomic E-state index is 0.242. The molecule has 0 saturated carbocycles. The molecule has 1 unspecified atom stereocenters. The lowest BCUT2D eigenvalue weighted by atomic mass is 10.2. The Morgan fingerprint density at radius 2 is 1.81 bits per heavy atom. The molecule has 8 heteroatoms. The highest BCUT2D eigenvalue weighted by molar-refractivity contribution is 5.96. The van der Waals surface area contributed by atoms with Crippen molar-refractivity contribution < 1.29 is 28.2 Å². The molecule has 2 N–H and O–H groups in total. The van der Waals surface area contributed by atoms with E-state index in [1.54, 1.807) is 36.6 Å². The third-order valence-electron chi connectivity index (χ3n) is 4.61. The van der Waals surface area contributed by atoms with Gasteiger partial charge in [0.1, 0.15) is 18.5 Å². The molecule has 1 aliphatic rings. The lowest BCUT2D eigenvalue weighted by Gasteiger charge is -2.26. The quantitative estimate of drug-likeness (QED) is 0.539. The van der Waals surface area contributed by atoms with Gasteiger partial charge in [-0.05, 0) is 36.4 Å². The number of benzene rings is 2. The zero-order chi connectivity index (χ0) is 21.5. The molecule has 4 rings (SSSR count). The normalized spacial score (nSPS) is 14.5. The van der Waals surface area contributed by atoms with E-state index in [4.69, 9.17) is 18.6 Å². The van der Waals surface area contributed by atoms with Crippen molar-refractivity contribution in [1.82, 2.24) is 5.32 Å². The van der Waals surface area contributed by atoms with Crippen LogP contribution in [-0.4, -0.2) is 37.7 Å². The summed E-state index contributed by atoms with van der Waals surface area (Å²) in [5.41, 5.74) is 0.929. The second-order valence-electron chi connectivity index (χ2n) is 6.86. The van der Waals surface area contributed by atoms with Gasteiger partial charge < -0.3 is 29.3 Å². The number of furan rings is 1. The largest absolute Gasteiger partial charge is 0.486 e. The molecule has 1 amide bonds. The first-order valence-corrected chi connectivity index (χ1v) is 9.86. The van der Waals surface area contributed by atoms with Crippen LogP contribution in [0.2, 0.25) is 0 Å². The number of hydrogen-bond donors (Lipinski definition) is 2. The number of anilines is 1. The van der Waals surface area contributed by atoms with Crippen LogP contribution in [0.15, 0.2) is 71.3 Å². The van der Waals surface area contributed by atoms with Gasteiger partial charge in [-0.15, -0.1) is 0 Å². The number of para-hydroxylation sites is 3. The minimum atomic E-state index is -0.594. The Morgan fingerprint density at radius 3 is 2.65 bits per heavy atom. The lowest BCUT2D eigenvalue weighted by molar-refractivity contribution is -0.124. The van der Waals surface area contributed by atoms with Crippen molar-refractivity contribution >= 4 is 17.6 Å². The van der Waals surface area contributed by atoms with E-state index in [9.17, 15) is 9.59 Å². The number of carbonyl (C=O) groups excluding carboxylic acids is 2. The van der Waals surface area contributed by atoms with Gasteiger partial charge in [-0.25, -0.2) is 4.79 Å². The number of ether oxygens (including phenoxy) is 3. The van der Waals surface area contributed by atoms with Crippen molar-refractivity contribution in [3.8, 4) is 11.5 Å². The molecular formula is C23H22N2O6. The van der Waals surface area contributed by atoms with Gasteiger partial charge in [-0.3, -0.25) is 4.79 Å². The number of hydrogen-bond acceptors (Lipinski definition) is 7. The molecule has 1 atom stereocenters. The molecule has 31 heavy (non-hydrogen) atoms. The Morgan fingerprint density at radius 1 is 1.00 bits per heavy atom. The summed E-state index contributed by atoms with van der Waals surface area (Å²) in [4.78, 5) is 24.6. The van der Waals surface area contributed by atoms with E-state index in [2.05, 4.69) is 10.6 Å². The van der Waals surface area contributed by atoms with E-state index in [0.717, 1.165) is 5.76 Å². The summed E-state index contributed by atoms with van der Waals surface area (Å²) >= 11 is 0. The summed E-state index contributed by atoms with van der Waals surface area (Å²) < 4.78 is 21.9. The van der Waals surface area contributed by atoms with Crippen LogP contribution in [0, 0.1) is 0 Å². The standard InChI is InChI=1S/C23H22N2O6/c26-22(25-13-17-14-29-20-9-3-4-10-21(20)31-17)15-30-23(27)18-7-1-2-8-19(18)24-12-16-6-5-11-28-16/h1-11,17,24H,12-15H2,(H,25,26). The van der Waals surface area contributed by atoms with Crippen LogP contribution in [-0.2, 0) is 16.1 Å². The van der Waals surface area contributed by atoms with Crippen LogP contribution < -0.4 is 20.1 Å². The van der Waals surface area contributed by atoms with Gasteiger partial charge in [-0.2, -0.15) is 0 Å². The van der Waals surface area contributed by atoms with Gasteiger partial charge in [0.05, 0.1) is 24.9 Å². The second-order valence-corrected chi connectivity index (χ2v) is 6.86. The van der Waals surface area contributed by atoms with Crippen LogP contribution in [0.3, 0.4) is 0 Å². The van der Waals surface area contributed by atoms with Crippen molar-refractivity contribution in [2.45, 2.75) is 12.6 Å². The number of fused-ring (bicyclic) bond motifs is 1. The molecule has 0 saturated heterocycles. The maximum absolute atomic E-state index is 12.5. The molecule has 2 heterocycles. The highest BCUT2D eigenvalue weighted by Crippen LogP contribution is 2.30. The monoisotopic (exact) mass is 422 g/mol. The average Bonchev–Trinajstić information content (AvgIpc) is 3.33. The van der Waals surface area contributed by atoms with E-state index in [0.29, 0.717) is 35.9 Å². The molecule has 0 radical (unpaired) electrons. The predicted molar refractivity (Wildman–Crippen MR) is 112 cm³/mol. The van der Waals surface area contributed by atoms with Gasteiger partial charge in [0.2, 0.25) is 0 Å². The average molecular weight is 422 g/mol. The van der Waals surface area contributed by atoms with E-state index >= 15 is 0 Å². The highest BCUT2D eigenvalue weighted by atomic mass is 16.6. The first kappa shape index (κ1) is 20.3. The van der Waals surface area contributed by atoms with E-state index < -0.39 is 18.5 Å². The fourth-order valence-electron chi connectivity index (χ4n) is 3.06. The van der Waals surface area contributed by atoms with Crippen molar-refractivity contribution in [2.75, 3.05) is 25.1 Å². The summed E-state index contributed by atoms with van der Waals surface area (Å²) in [7, 11) is 0. The Kier molecular flexibility index (Phi) is 6.37. The molecule has 0 bridgehead atoms. The van der Waals surface area contributed by atoms with Crippen LogP contribution in [0.1, 0.15) is 16.1 Å².